The number of nitrogens with one attached hydrogen (secondary N) is 1. The largest absolute Gasteiger partial charge is 0.508 e. The van der Waals surface area contributed by atoms with Crippen molar-refractivity contribution in [2.45, 2.75) is 0 Å². The lowest BCUT2D eigenvalue weighted by atomic mass is 10.2. The molecule has 0 radical (unpaired) electrons. The third-order valence-electron chi connectivity index (χ3n) is 2.39. The van der Waals surface area contributed by atoms with Crippen molar-refractivity contribution in [2.75, 3.05) is 0 Å². The second kappa shape index (κ2) is 6.15. The van der Waals surface area contributed by atoms with Crippen LogP contribution in [0.2, 0.25) is 0 Å². The average Bonchev–Trinajstić information content (AvgIpc) is 2.43. The molecule has 0 atom stereocenters. The molecule has 19 heavy (non-hydrogen) atoms. The van der Waals surface area contributed by atoms with Crippen molar-refractivity contribution in [1.82, 2.24) is 5.43 Å². The third-order valence-corrected chi connectivity index (χ3v) is 3.11. The van der Waals surface area contributed by atoms with Crippen molar-refractivity contribution in [3.05, 3.63) is 64.1 Å². The van der Waals surface area contributed by atoms with Gasteiger partial charge in [-0.2, -0.15) is 5.10 Å². The van der Waals surface area contributed by atoms with E-state index in [1.54, 1.807) is 42.5 Å². The van der Waals surface area contributed by atoms with Crippen molar-refractivity contribution >= 4 is 28.1 Å². The minimum atomic E-state index is -0.284. The Hall–Kier alpha value is -2.14. The van der Waals surface area contributed by atoms with E-state index in [9.17, 15) is 9.90 Å². The normalized spacial score (nSPS) is 10.6. The maximum Gasteiger partial charge on any atom is 0.271 e. The van der Waals surface area contributed by atoms with Crippen LogP contribution in [0.4, 0.5) is 0 Å². The van der Waals surface area contributed by atoms with Crippen molar-refractivity contribution < 1.29 is 9.90 Å². The SMILES string of the molecule is O=C(N/N=C/c1cc(O)ccc1Br)c1ccccc1. The van der Waals surface area contributed by atoms with Crippen LogP contribution < -0.4 is 5.43 Å². The molecule has 0 heterocycles. The molecule has 2 aromatic rings. The maximum absolute atomic E-state index is 11.7. The molecule has 0 aliphatic heterocycles. The zero-order valence-electron chi connectivity index (χ0n) is 9.88. The monoisotopic (exact) mass is 318 g/mol. The second-order valence-electron chi connectivity index (χ2n) is 3.77. The molecular formula is C14H11BrN2O2. The van der Waals surface area contributed by atoms with Gasteiger partial charge in [-0.1, -0.05) is 34.1 Å². The number of hydrazone groups is 1. The summed E-state index contributed by atoms with van der Waals surface area (Å²) in [5.41, 5.74) is 3.63. The van der Waals surface area contributed by atoms with Crippen molar-refractivity contribution in [1.29, 1.82) is 0 Å². The second-order valence-corrected chi connectivity index (χ2v) is 4.63. The molecular weight excluding hydrogens is 308 g/mol. The Morgan fingerprint density at radius 1 is 1.21 bits per heavy atom. The van der Waals surface area contributed by atoms with Crippen LogP contribution in [-0.2, 0) is 0 Å². The first-order chi connectivity index (χ1) is 9.16. The van der Waals surface area contributed by atoms with Gasteiger partial charge in [0, 0.05) is 15.6 Å². The first kappa shape index (κ1) is 13.3. The summed E-state index contributed by atoms with van der Waals surface area (Å²) in [5.74, 6) is -0.146. The van der Waals surface area contributed by atoms with Gasteiger partial charge in [-0.15, -0.1) is 0 Å². The number of amides is 1. The predicted molar refractivity (Wildman–Crippen MR) is 77.3 cm³/mol. The first-order valence-corrected chi connectivity index (χ1v) is 6.33. The van der Waals surface area contributed by atoms with Crippen molar-refractivity contribution in [3.63, 3.8) is 0 Å². The lowest BCUT2D eigenvalue weighted by Crippen LogP contribution is -2.17. The van der Waals surface area contributed by atoms with E-state index in [0.717, 1.165) is 4.47 Å². The molecule has 0 aromatic heterocycles. The number of hydrogen-bond donors (Lipinski definition) is 2. The number of rotatable bonds is 3. The number of halogens is 1. The van der Waals surface area contributed by atoms with E-state index in [1.165, 1.54) is 6.21 Å². The number of phenols is 1. The molecule has 2 N–H and O–H groups in total. The molecule has 1 amide bonds. The van der Waals surface area contributed by atoms with E-state index in [4.69, 9.17) is 0 Å². The quantitative estimate of drug-likeness (QED) is 0.675. The van der Waals surface area contributed by atoms with Crippen molar-refractivity contribution in [3.8, 4) is 5.75 Å². The topological polar surface area (TPSA) is 61.7 Å². The van der Waals surface area contributed by atoms with E-state index in [1.807, 2.05) is 6.07 Å². The molecule has 0 aliphatic rings. The molecule has 0 saturated carbocycles. The molecule has 4 nitrogen and oxygen atoms in total. The molecule has 5 heteroatoms. The zero-order valence-corrected chi connectivity index (χ0v) is 11.5. The Labute approximate surface area is 118 Å². The van der Waals surface area contributed by atoms with Gasteiger partial charge >= 0.3 is 0 Å². The minimum absolute atomic E-state index is 0.138. The molecule has 96 valence electrons. The van der Waals surface area contributed by atoms with Crippen LogP contribution in [0.5, 0.6) is 5.75 Å². The summed E-state index contributed by atoms with van der Waals surface area (Å²) < 4.78 is 0.781. The highest BCUT2D eigenvalue weighted by Gasteiger charge is 2.02. The molecule has 0 saturated heterocycles. The number of aromatic hydroxyl groups is 1. The van der Waals surface area contributed by atoms with Crippen LogP contribution in [-0.4, -0.2) is 17.2 Å². The van der Waals surface area contributed by atoms with Crippen LogP contribution in [0.25, 0.3) is 0 Å². The Morgan fingerprint density at radius 3 is 2.68 bits per heavy atom. The molecule has 2 rings (SSSR count). The number of benzene rings is 2. The number of phenolic OH excluding ortho intramolecular Hbond substituents is 1. The molecule has 2 aromatic carbocycles. The molecule has 0 spiro atoms. The van der Waals surface area contributed by atoms with Gasteiger partial charge < -0.3 is 5.11 Å². The fourth-order valence-electron chi connectivity index (χ4n) is 1.44. The molecule has 0 fully saturated rings. The van der Waals surface area contributed by atoms with Crippen LogP contribution in [0.3, 0.4) is 0 Å². The summed E-state index contributed by atoms with van der Waals surface area (Å²) in [6.45, 7) is 0. The number of carbonyl (C=O) groups excluding carboxylic acids is 1. The Balaban J connectivity index is 2.04. The van der Waals surface area contributed by atoms with Crippen LogP contribution in [0.1, 0.15) is 15.9 Å². The standard InChI is InChI=1S/C14H11BrN2O2/c15-13-7-6-12(18)8-11(13)9-16-17-14(19)10-4-2-1-3-5-10/h1-9,18H,(H,17,19)/b16-9+. The summed E-state index contributed by atoms with van der Waals surface area (Å²) in [4.78, 5) is 11.7. The van der Waals surface area contributed by atoms with Crippen LogP contribution in [0, 0.1) is 0 Å². The van der Waals surface area contributed by atoms with Gasteiger partial charge in [0.25, 0.3) is 5.91 Å². The number of carbonyl (C=O) groups is 1. The molecule has 0 aliphatic carbocycles. The summed E-state index contributed by atoms with van der Waals surface area (Å²) in [6.07, 6.45) is 1.46. The van der Waals surface area contributed by atoms with E-state index >= 15 is 0 Å². The third kappa shape index (κ3) is 3.66. The van der Waals surface area contributed by atoms with Gasteiger partial charge in [0.2, 0.25) is 0 Å². The summed E-state index contributed by atoms with van der Waals surface area (Å²) in [5, 5.41) is 13.2. The highest BCUT2D eigenvalue weighted by Crippen LogP contribution is 2.19. The Bertz CT molecular complexity index is 612. The predicted octanol–water partition coefficient (Wildman–Crippen LogP) is 2.92. The van der Waals surface area contributed by atoms with Crippen molar-refractivity contribution in [2.24, 2.45) is 5.10 Å². The lowest BCUT2D eigenvalue weighted by molar-refractivity contribution is 0.0955. The molecule has 0 unspecified atom stereocenters. The average molecular weight is 319 g/mol. The fraction of sp³-hybridized carbons (Fsp3) is 0. The minimum Gasteiger partial charge on any atom is -0.508 e. The van der Waals surface area contributed by atoms with Gasteiger partial charge in [0.05, 0.1) is 6.21 Å². The number of nitrogens with zero attached hydrogens (tertiary/aromatic N) is 1. The maximum atomic E-state index is 11.7. The van der Waals surface area contributed by atoms with E-state index in [0.29, 0.717) is 11.1 Å². The van der Waals surface area contributed by atoms with Gasteiger partial charge in [-0.05, 0) is 30.3 Å². The zero-order chi connectivity index (χ0) is 13.7. The van der Waals surface area contributed by atoms with Gasteiger partial charge in [-0.3, -0.25) is 4.79 Å². The van der Waals surface area contributed by atoms with Gasteiger partial charge in [0.15, 0.2) is 0 Å². The van der Waals surface area contributed by atoms with Gasteiger partial charge in [-0.25, -0.2) is 5.43 Å². The summed E-state index contributed by atoms with van der Waals surface area (Å²) in [7, 11) is 0. The summed E-state index contributed by atoms with van der Waals surface area (Å²) in [6, 6.07) is 13.6. The van der Waals surface area contributed by atoms with E-state index in [-0.39, 0.29) is 11.7 Å². The Kier molecular flexibility index (Phi) is 4.30. The highest BCUT2D eigenvalue weighted by molar-refractivity contribution is 9.10. The summed E-state index contributed by atoms with van der Waals surface area (Å²) >= 11 is 3.33. The number of hydrogen-bond acceptors (Lipinski definition) is 3. The Morgan fingerprint density at radius 2 is 1.95 bits per heavy atom. The van der Waals surface area contributed by atoms with Gasteiger partial charge in [0.1, 0.15) is 5.75 Å². The molecule has 0 bridgehead atoms. The first-order valence-electron chi connectivity index (χ1n) is 5.54. The fourth-order valence-corrected chi connectivity index (χ4v) is 1.79. The van der Waals surface area contributed by atoms with Crippen LogP contribution >= 0.6 is 15.9 Å². The highest BCUT2D eigenvalue weighted by atomic mass is 79.9. The van der Waals surface area contributed by atoms with E-state index < -0.39 is 0 Å². The smallest absolute Gasteiger partial charge is 0.271 e. The van der Waals surface area contributed by atoms with E-state index in [2.05, 4.69) is 26.5 Å². The lowest BCUT2D eigenvalue weighted by Gasteiger charge is -2.00. The van der Waals surface area contributed by atoms with Crippen LogP contribution in [0.15, 0.2) is 58.1 Å².